The Balaban J connectivity index is 1.31. The minimum absolute atomic E-state index is 0.271. The Hall–Kier alpha value is -1.81. The molecule has 0 unspecified atom stereocenters. The van der Waals surface area contributed by atoms with Crippen molar-refractivity contribution in [2.24, 2.45) is 0 Å². The van der Waals surface area contributed by atoms with Crippen molar-refractivity contribution in [1.29, 1.82) is 0 Å². The van der Waals surface area contributed by atoms with E-state index in [9.17, 15) is 4.79 Å². The Morgan fingerprint density at radius 1 is 1.07 bits per heavy atom. The van der Waals surface area contributed by atoms with Crippen LogP contribution in [0.4, 0.5) is 5.69 Å². The summed E-state index contributed by atoms with van der Waals surface area (Å²) < 4.78 is 0. The van der Waals surface area contributed by atoms with Crippen molar-refractivity contribution in [2.75, 3.05) is 31.1 Å². The molecule has 1 aliphatic carbocycles. The van der Waals surface area contributed by atoms with Gasteiger partial charge in [-0.1, -0.05) is 11.6 Å². The topological polar surface area (TPSA) is 36.4 Å². The second-order valence-electron chi connectivity index (χ2n) is 7.01. The number of benzene rings is 1. The minimum atomic E-state index is 0.271. The molecule has 139 valence electrons. The maximum atomic E-state index is 12.5. The van der Waals surface area contributed by atoms with Crippen LogP contribution in [0.2, 0.25) is 5.02 Å². The first-order valence-corrected chi connectivity index (χ1v) is 9.86. The van der Waals surface area contributed by atoms with Crippen molar-refractivity contribution in [1.82, 2.24) is 9.88 Å². The summed E-state index contributed by atoms with van der Waals surface area (Å²) in [6.07, 6.45) is 12.7. The van der Waals surface area contributed by atoms with Crippen LogP contribution in [-0.4, -0.2) is 42.0 Å². The Labute approximate surface area is 166 Å². The number of amides is 1. The molecular weight excluding hydrogens is 358 g/mol. The summed E-state index contributed by atoms with van der Waals surface area (Å²) in [6.45, 7) is 3.23. The standard InChI is InChI=1S/C22H23ClN3O/c23-18-8-9-19-20(16-18)24-11-10-21(19)25-12-14-26(15-13-25)22(27)7-3-6-17-4-1-2-5-17/h1-2,4-5,8-11,16H,3,6-7,12-15H2. The van der Waals surface area contributed by atoms with Crippen molar-refractivity contribution < 1.29 is 4.79 Å². The van der Waals surface area contributed by atoms with Gasteiger partial charge in [-0.2, -0.15) is 0 Å². The van der Waals surface area contributed by atoms with Crippen molar-refractivity contribution >= 4 is 34.1 Å². The molecule has 0 atom stereocenters. The van der Waals surface area contributed by atoms with Gasteiger partial charge in [-0.05, 0) is 68.7 Å². The maximum Gasteiger partial charge on any atom is 0.222 e. The van der Waals surface area contributed by atoms with Crippen LogP contribution in [0.1, 0.15) is 19.3 Å². The average Bonchev–Trinajstić information content (AvgIpc) is 3.21. The molecular formula is C22H23ClN3O. The van der Waals surface area contributed by atoms with Gasteiger partial charge < -0.3 is 9.80 Å². The molecule has 27 heavy (non-hydrogen) atoms. The lowest BCUT2D eigenvalue weighted by molar-refractivity contribution is -0.131. The summed E-state index contributed by atoms with van der Waals surface area (Å²) >= 11 is 6.09. The lowest BCUT2D eigenvalue weighted by Crippen LogP contribution is -2.48. The lowest BCUT2D eigenvalue weighted by atomic mass is 10.0. The molecule has 2 heterocycles. The monoisotopic (exact) mass is 380 g/mol. The van der Waals surface area contributed by atoms with Crippen LogP contribution in [0.3, 0.4) is 0 Å². The molecule has 1 aliphatic heterocycles. The van der Waals surface area contributed by atoms with Gasteiger partial charge >= 0.3 is 0 Å². The van der Waals surface area contributed by atoms with Crippen LogP contribution >= 0.6 is 11.6 Å². The molecule has 1 aromatic carbocycles. The van der Waals surface area contributed by atoms with Gasteiger partial charge in [0.1, 0.15) is 0 Å². The summed E-state index contributed by atoms with van der Waals surface area (Å²) in [4.78, 5) is 21.3. The zero-order valence-electron chi connectivity index (χ0n) is 15.3. The highest BCUT2D eigenvalue weighted by Crippen LogP contribution is 2.29. The van der Waals surface area contributed by atoms with Crippen LogP contribution in [0.5, 0.6) is 0 Å². The predicted octanol–water partition coefficient (Wildman–Crippen LogP) is 4.11. The van der Waals surface area contributed by atoms with Gasteiger partial charge in [0.05, 0.1) is 5.52 Å². The number of pyridine rings is 1. The molecule has 5 heteroatoms. The third-order valence-corrected chi connectivity index (χ3v) is 5.48. The number of halogens is 1. The molecule has 1 saturated heterocycles. The minimum Gasteiger partial charge on any atom is -0.367 e. The molecule has 5 radical (unpaired) electrons. The summed E-state index contributed by atoms with van der Waals surface area (Å²) in [5, 5.41) is 1.81. The average molecular weight is 381 g/mol. The van der Waals surface area contributed by atoms with E-state index < -0.39 is 0 Å². The van der Waals surface area contributed by atoms with Gasteiger partial charge in [0.15, 0.2) is 0 Å². The quantitative estimate of drug-likeness (QED) is 0.783. The smallest absolute Gasteiger partial charge is 0.222 e. The van der Waals surface area contributed by atoms with Gasteiger partial charge in [-0.3, -0.25) is 9.78 Å². The zero-order chi connectivity index (χ0) is 18.6. The number of nitrogens with zero attached hydrogens (tertiary/aromatic N) is 3. The number of piperazine rings is 1. The van der Waals surface area contributed by atoms with E-state index in [1.165, 1.54) is 11.6 Å². The first-order chi connectivity index (χ1) is 13.2. The number of hydrogen-bond donors (Lipinski definition) is 0. The van der Waals surface area contributed by atoms with Crippen LogP contribution < -0.4 is 4.90 Å². The summed E-state index contributed by atoms with van der Waals surface area (Å²) in [7, 11) is 0. The Kier molecular flexibility index (Phi) is 5.82. The first kappa shape index (κ1) is 18.5. The molecule has 0 spiro atoms. The number of rotatable bonds is 5. The number of fused-ring (bicyclic) bond motifs is 1. The van der Waals surface area contributed by atoms with E-state index in [0.29, 0.717) is 11.4 Å². The second-order valence-corrected chi connectivity index (χ2v) is 7.44. The van der Waals surface area contributed by atoms with Crippen LogP contribution in [0, 0.1) is 31.6 Å². The Bertz CT molecular complexity index is 795. The van der Waals surface area contributed by atoms with E-state index in [0.717, 1.165) is 49.9 Å². The van der Waals surface area contributed by atoms with Crippen LogP contribution in [-0.2, 0) is 4.79 Å². The van der Waals surface area contributed by atoms with Crippen molar-refractivity contribution in [3.8, 4) is 0 Å². The molecule has 1 aromatic heterocycles. The molecule has 1 amide bonds. The molecule has 0 N–H and O–H groups in total. The van der Waals surface area contributed by atoms with Gasteiger partial charge in [0.25, 0.3) is 0 Å². The fourth-order valence-electron chi connectivity index (χ4n) is 3.76. The molecule has 2 aliphatic rings. The van der Waals surface area contributed by atoms with E-state index in [-0.39, 0.29) is 5.91 Å². The maximum absolute atomic E-state index is 12.5. The molecule has 4 rings (SSSR count). The normalized spacial score (nSPS) is 18.4. The summed E-state index contributed by atoms with van der Waals surface area (Å²) in [5.74, 6) is 1.59. The van der Waals surface area contributed by atoms with E-state index in [4.69, 9.17) is 11.6 Å². The SMILES string of the molecule is O=C(CCC[C]1[CH][CH][CH][CH]1)N1CCN(c2ccnc3cc(Cl)ccc23)CC1. The van der Waals surface area contributed by atoms with Crippen molar-refractivity contribution in [2.45, 2.75) is 19.3 Å². The van der Waals surface area contributed by atoms with E-state index in [2.05, 4.69) is 22.7 Å². The third-order valence-electron chi connectivity index (χ3n) is 5.24. The lowest BCUT2D eigenvalue weighted by Gasteiger charge is -2.36. The summed E-state index contributed by atoms with van der Waals surface area (Å²) in [5.41, 5.74) is 2.07. The van der Waals surface area contributed by atoms with E-state index in [1.54, 1.807) is 0 Å². The molecule has 4 nitrogen and oxygen atoms in total. The van der Waals surface area contributed by atoms with Gasteiger partial charge in [-0.25, -0.2) is 0 Å². The third kappa shape index (κ3) is 4.37. The van der Waals surface area contributed by atoms with E-state index >= 15 is 0 Å². The molecule has 2 fully saturated rings. The first-order valence-electron chi connectivity index (χ1n) is 9.48. The Morgan fingerprint density at radius 3 is 2.63 bits per heavy atom. The van der Waals surface area contributed by atoms with Crippen molar-refractivity contribution in [3.05, 3.63) is 67.1 Å². The van der Waals surface area contributed by atoms with Crippen molar-refractivity contribution in [3.63, 3.8) is 0 Å². The molecule has 0 bridgehead atoms. The number of aromatic nitrogens is 1. The highest BCUT2D eigenvalue weighted by atomic mass is 35.5. The predicted molar refractivity (Wildman–Crippen MR) is 110 cm³/mol. The molecule has 2 aromatic rings. The number of anilines is 1. The zero-order valence-corrected chi connectivity index (χ0v) is 16.0. The van der Waals surface area contributed by atoms with Gasteiger partial charge in [0, 0.05) is 54.9 Å². The highest BCUT2D eigenvalue weighted by molar-refractivity contribution is 6.31. The number of hydrogen-bond acceptors (Lipinski definition) is 3. The van der Waals surface area contributed by atoms with E-state index in [1.807, 2.05) is 48.2 Å². The summed E-state index contributed by atoms with van der Waals surface area (Å²) in [6, 6.07) is 7.88. The highest BCUT2D eigenvalue weighted by Gasteiger charge is 2.23. The fourth-order valence-corrected chi connectivity index (χ4v) is 3.93. The molecule has 1 saturated carbocycles. The largest absolute Gasteiger partial charge is 0.367 e. The fraction of sp³-hybridized carbons (Fsp3) is 0.318. The van der Waals surface area contributed by atoms with Gasteiger partial charge in [0.2, 0.25) is 5.91 Å². The number of carbonyl (C=O) groups excluding carboxylic acids is 1. The second kappa shape index (κ2) is 8.47. The Morgan fingerprint density at radius 2 is 1.85 bits per heavy atom. The number of carbonyl (C=O) groups is 1. The van der Waals surface area contributed by atoms with Crippen LogP contribution in [0.15, 0.2) is 30.5 Å². The van der Waals surface area contributed by atoms with Gasteiger partial charge in [-0.15, -0.1) is 0 Å². The van der Waals surface area contributed by atoms with Crippen LogP contribution in [0.25, 0.3) is 10.9 Å².